The zero-order chi connectivity index (χ0) is 23.3. The van der Waals surface area contributed by atoms with Crippen molar-refractivity contribution >= 4 is 52.5 Å². The van der Waals surface area contributed by atoms with Gasteiger partial charge in [0.1, 0.15) is 0 Å². The van der Waals surface area contributed by atoms with E-state index in [1.165, 1.54) is 23.9 Å². The third kappa shape index (κ3) is 5.90. The summed E-state index contributed by atoms with van der Waals surface area (Å²) in [5.41, 5.74) is 2.14. The zero-order valence-corrected chi connectivity index (χ0v) is 19.0. The molecule has 0 aliphatic carbocycles. The summed E-state index contributed by atoms with van der Waals surface area (Å²) in [6, 6.07) is 18.3. The molecule has 0 heterocycles. The number of carboxylic acids is 1. The van der Waals surface area contributed by atoms with Gasteiger partial charge in [-0.15, -0.1) is 11.8 Å². The first-order valence-electron chi connectivity index (χ1n) is 9.72. The van der Waals surface area contributed by atoms with E-state index in [-0.39, 0.29) is 22.3 Å². The zero-order valence-electron chi connectivity index (χ0n) is 17.4. The summed E-state index contributed by atoms with van der Waals surface area (Å²) in [6.07, 6.45) is 0. The molecule has 2 amide bonds. The fourth-order valence-electron chi connectivity index (χ4n) is 2.90. The topological polar surface area (TPSA) is 95.5 Å². The molecule has 0 aromatic heterocycles. The highest BCUT2D eigenvalue weighted by Gasteiger charge is 2.17. The molecule has 3 rings (SSSR count). The third-order valence-electron chi connectivity index (χ3n) is 4.65. The molecule has 0 radical (unpaired) electrons. The van der Waals surface area contributed by atoms with E-state index in [0.717, 1.165) is 10.5 Å². The number of anilines is 2. The maximum Gasteiger partial charge on any atom is 0.336 e. The second-order valence-electron chi connectivity index (χ2n) is 7.04. The van der Waals surface area contributed by atoms with Crippen LogP contribution in [-0.4, -0.2) is 28.1 Å². The van der Waals surface area contributed by atoms with E-state index in [1.54, 1.807) is 55.5 Å². The first-order valence-corrected chi connectivity index (χ1v) is 11.0. The van der Waals surface area contributed by atoms with Crippen LogP contribution in [0.1, 0.15) is 33.2 Å². The Labute approximate surface area is 195 Å². The van der Waals surface area contributed by atoms with Gasteiger partial charge in [-0.2, -0.15) is 0 Å². The number of benzene rings is 3. The first kappa shape index (κ1) is 23.4. The lowest BCUT2D eigenvalue weighted by Crippen LogP contribution is -2.22. The van der Waals surface area contributed by atoms with Crippen molar-refractivity contribution in [3.05, 3.63) is 88.4 Å². The average molecular weight is 469 g/mol. The van der Waals surface area contributed by atoms with E-state index in [4.69, 9.17) is 11.6 Å². The van der Waals surface area contributed by atoms with Crippen molar-refractivity contribution in [1.29, 1.82) is 0 Å². The number of halogens is 1. The standard InChI is InChI=1S/C24H21ClN2O4S/c1-14-7-8-16(25)13-21(14)27-22(28)15(2)32-18-11-9-17(10-12-18)26-23(29)19-5-3-4-6-20(19)24(30)31/h3-13,15H,1-2H3,(H,26,29)(H,27,28)(H,30,31)/t15-/m0/s1. The number of hydrogen-bond acceptors (Lipinski definition) is 4. The number of carbonyl (C=O) groups is 3. The molecule has 164 valence electrons. The second-order valence-corrected chi connectivity index (χ2v) is 8.89. The van der Waals surface area contributed by atoms with Crippen LogP contribution in [0.3, 0.4) is 0 Å². The molecule has 0 fully saturated rings. The van der Waals surface area contributed by atoms with E-state index in [1.807, 2.05) is 13.0 Å². The Hall–Kier alpha value is -3.29. The molecule has 0 saturated heterocycles. The van der Waals surface area contributed by atoms with Crippen LogP contribution in [-0.2, 0) is 4.79 Å². The van der Waals surface area contributed by atoms with Crippen molar-refractivity contribution in [3.8, 4) is 0 Å². The van der Waals surface area contributed by atoms with Gasteiger partial charge < -0.3 is 15.7 Å². The van der Waals surface area contributed by atoms with Crippen molar-refractivity contribution in [2.75, 3.05) is 10.6 Å². The summed E-state index contributed by atoms with van der Waals surface area (Å²) < 4.78 is 0. The van der Waals surface area contributed by atoms with Crippen LogP contribution in [0.2, 0.25) is 5.02 Å². The van der Waals surface area contributed by atoms with Crippen molar-refractivity contribution in [2.24, 2.45) is 0 Å². The number of nitrogens with one attached hydrogen (secondary N) is 2. The Morgan fingerprint density at radius 2 is 1.59 bits per heavy atom. The van der Waals surface area contributed by atoms with E-state index in [2.05, 4.69) is 10.6 Å². The summed E-state index contributed by atoms with van der Waals surface area (Å²) in [4.78, 5) is 37.2. The van der Waals surface area contributed by atoms with Gasteiger partial charge in [-0.3, -0.25) is 9.59 Å². The summed E-state index contributed by atoms with van der Waals surface area (Å²) in [5.74, 6) is -1.82. The third-order valence-corrected chi connectivity index (χ3v) is 6.00. The van der Waals surface area contributed by atoms with Crippen molar-refractivity contribution in [3.63, 3.8) is 0 Å². The van der Waals surface area contributed by atoms with Gasteiger partial charge in [0, 0.05) is 21.3 Å². The maximum atomic E-state index is 12.6. The second kappa shape index (κ2) is 10.3. The number of hydrogen-bond donors (Lipinski definition) is 3. The summed E-state index contributed by atoms with van der Waals surface area (Å²) in [7, 11) is 0. The molecule has 0 unspecified atom stereocenters. The monoisotopic (exact) mass is 468 g/mol. The van der Waals surface area contributed by atoms with Crippen molar-refractivity contribution in [1.82, 2.24) is 0 Å². The van der Waals surface area contributed by atoms with Crippen LogP contribution in [0.15, 0.2) is 71.6 Å². The van der Waals surface area contributed by atoms with Crippen LogP contribution < -0.4 is 10.6 Å². The largest absolute Gasteiger partial charge is 0.478 e. The summed E-state index contributed by atoms with van der Waals surface area (Å²) in [6.45, 7) is 3.70. The number of aromatic carboxylic acids is 1. The Bertz CT molecular complexity index is 1160. The number of amides is 2. The van der Waals surface area contributed by atoms with Gasteiger partial charge in [0.2, 0.25) is 5.91 Å². The SMILES string of the molecule is Cc1ccc(Cl)cc1NC(=O)[C@H](C)Sc1ccc(NC(=O)c2ccccc2C(=O)O)cc1. The Kier molecular flexibility index (Phi) is 7.56. The van der Waals surface area contributed by atoms with Gasteiger partial charge in [-0.25, -0.2) is 4.79 Å². The van der Waals surface area contributed by atoms with Gasteiger partial charge >= 0.3 is 5.97 Å². The molecular formula is C24H21ClN2O4S. The lowest BCUT2D eigenvalue weighted by Gasteiger charge is -2.14. The van der Waals surface area contributed by atoms with Gasteiger partial charge in [0.15, 0.2) is 0 Å². The number of rotatable bonds is 7. The quantitative estimate of drug-likeness (QED) is 0.385. The number of carbonyl (C=O) groups excluding carboxylic acids is 2. The minimum absolute atomic E-state index is 0.0630. The molecule has 3 aromatic carbocycles. The first-order chi connectivity index (χ1) is 15.2. The fourth-order valence-corrected chi connectivity index (χ4v) is 3.94. The fraction of sp³-hybridized carbons (Fsp3) is 0.125. The van der Waals surface area contributed by atoms with Crippen LogP contribution >= 0.6 is 23.4 Å². The predicted molar refractivity (Wildman–Crippen MR) is 128 cm³/mol. The average Bonchev–Trinajstić information content (AvgIpc) is 2.77. The molecule has 6 nitrogen and oxygen atoms in total. The number of thioether (sulfide) groups is 1. The smallest absolute Gasteiger partial charge is 0.336 e. The lowest BCUT2D eigenvalue weighted by atomic mass is 10.1. The van der Waals surface area contributed by atoms with Gasteiger partial charge in [0.05, 0.1) is 16.4 Å². The molecule has 3 N–H and O–H groups in total. The minimum atomic E-state index is -1.16. The Morgan fingerprint density at radius 3 is 2.25 bits per heavy atom. The van der Waals surface area contributed by atoms with Gasteiger partial charge in [-0.05, 0) is 67.9 Å². The van der Waals surface area contributed by atoms with Crippen LogP contribution in [0.4, 0.5) is 11.4 Å². The number of aryl methyl sites for hydroxylation is 1. The van der Waals surface area contributed by atoms with Gasteiger partial charge in [0.25, 0.3) is 5.91 Å². The summed E-state index contributed by atoms with van der Waals surface area (Å²) >= 11 is 7.38. The Morgan fingerprint density at radius 1 is 0.938 bits per heavy atom. The Balaban J connectivity index is 1.62. The molecule has 0 bridgehead atoms. The van der Waals surface area contributed by atoms with E-state index in [0.29, 0.717) is 16.4 Å². The van der Waals surface area contributed by atoms with E-state index < -0.39 is 11.9 Å². The highest BCUT2D eigenvalue weighted by atomic mass is 35.5. The molecular weight excluding hydrogens is 448 g/mol. The van der Waals surface area contributed by atoms with Crippen LogP contribution in [0.25, 0.3) is 0 Å². The van der Waals surface area contributed by atoms with E-state index >= 15 is 0 Å². The lowest BCUT2D eigenvalue weighted by molar-refractivity contribution is -0.115. The molecule has 0 saturated carbocycles. The highest BCUT2D eigenvalue weighted by molar-refractivity contribution is 8.00. The van der Waals surface area contributed by atoms with Crippen LogP contribution in [0, 0.1) is 6.92 Å². The predicted octanol–water partition coefficient (Wildman–Crippen LogP) is 5.72. The van der Waals surface area contributed by atoms with Crippen molar-refractivity contribution < 1.29 is 19.5 Å². The maximum absolute atomic E-state index is 12.6. The summed E-state index contributed by atoms with van der Waals surface area (Å²) in [5, 5.41) is 15.0. The molecule has 32 heavy (non-hydrogen) atoms. The number of carboxylic acid groups (broad SMARTS) is 1. The van der Waals surface area contributed by atoms with Crippen molar-refractivity contribution in [2.45, 2.75) is 24.0 Å². The molecule has 0 spiro atoms. The van der Waals surface area contributed by atoms with Gasteiger partial charge in [-0.1, -0.05) is 29.8 Å². The van der Waals surface area contributed by atoms with Crippen LogP contribution in [0.5, 0.6) is 0 Å². The normalized spacial score (nSPS) is 11.5. The molecule has 1 atom stereocenters. The molecule has 0 aliphatic heterocycles. The highest BCUT2D eigenvalue weighted by Crippen LogP contribution is 2.27. The molecule has 0 aliphatic rings. The van der Waals surface area contributed by atoms with E-state index in [9.17, 15) is 19.5 Å². The molecule has 3 aromatic rings. The molecule has 8 heteroatoms. The minimum Gasteiger partial charge on any atom is -0.478 e.